The quantitative estimate of drug-likeness (QED) is 0.583. The van der Waals surface area contributed by atoms with Gasteiger partial charge in [0.25, 0.3) is 5.91 Å². The van der Waals surface area contributed by atoms with Crippen molar-refractivity contribution in [3.05, 3.63) is 53.5 Å². The Hall–Kier alpha value is -2.55. The first-order chi connectivity index (χ1) is 17.6. The minimum Gasteiger partial charge on any atom is -0.379 e. The number of hydrogen-bond donors (Lipinski definition) is 2. The minimum atomic E-state index is 0.00465. The molecule has 3 heterocycles. The highest BCUT2D eigenvalue weighted by Crippen LogP contribution is 2.41. The third-order valence-electron chi connectivity index (χ3n) is 8.19. The van der Waals surface area contributed by atoms with Crippen LogP contribution in [-0.4, -0.2) is 78.9 Å². The van der Waals surface area contributed by atoms with Crippen molar-refractivity contribution in [2.24, 2.45) is 5.92 Å². The number of aromatic nitrogens is 2. The lowest BCUT2D eigenvalue weighted by molar-refractivity contribution is -0.0533. The number of ether oxygens (including phenoxy) is 2. The molecule has 3 aliphatic rings. The summed E-state index contributed by atoms with van der Waals surface area (Å²) in [6, 6.07) is 11.5. The average molecular weight is 494 g/mol. The molecule has 1 aliphatic carbocycles. The molecular weight excluding hydrogens is 454 g/mol. The number of benzene rings is 1. The van der Waals surface area contributed by atoms with E-state index in [-0.39, 0.29) is 12.0 Å². The normalized spacial score (nSPS) is 26.9. The number of hydrogen-bond acceptors (Lipinski definition) is 7. The number of amides is 1. The van der Waals surface area contributed by atoms with Crippen LogP contribution in [0.5, 0.6) is 0 Å². The highest BCUT2D eigenvalue weighted by molar-refractivity contribution is 5.94. The van der Waals surface area contributed by atoms with Crippen molar-refractivity contribution >= 4 is 11.7 Å². The summed E-state index contributed by atoms with van der Waals surface area (Å²) in [5.74, 6) is 2.07. The Morgan fingerprint density at radius 1 is 1.14 bits per heavy atom. The Morgan fingerprint density at radius 3 is 2.67 bits per heavy atom. The van der Waals surface area contributed by atoms with Crippen molar-refractivity contribution in [3.8, 4) is 0 Å². The molecule has 2 saturated heterocycles. The van der Waals surface area contributed by atoms with Gasteiger partial charge >= 0.3 is 0 Å². The molecule has 0 spiro atoms. The van der Waals surface area contributed by atoms with Gasteiger partial charge in [0.1, 0.15) is 17.8 Å². The topological polar surface area (TPSA) is 88.6 Å². The minimum absolute atomic E-state index is 0.00465. The molecule has 1 amide bonds. The molecule has 2 N–H and O–H groups in total. The Bertz CT molecular complexity index is 1010. The van der Waals surface area contributed by atoms with E-state index >= 15 is 0 Å². The van der Waals surface area contributed by atoms with Gasteiger partial charge in [-0.2, -0.15) is 0 Å². The van der Waals surface area contributed by atoms with Crippen LogP contribution in [0.4, 0.5) is 5.82 Å². The molecule has 2 aromatic rings. The second kappa shape index (κ2) is 11.7. The monoisotopic (exact) mass is 493 g/mol. The lowest BCUT2D eigenvalue weighted by Gasteiger charge is -2.38. The molecule has 194 valence electrons. The van der Waals surface area contributed by atoms with Crippen LogP contribution in [0.15, 0.2) is 36.7 Å². The number of piperidine rings is 1. The smallest absolute Gasteiger partial charge is 0.272 e. The Balaban J connectivity index is 1.11. The number of carbonyl (C=O) groups is 1. The molecule has 2 aliphatic heterocycles. The van der Waals surface area contributed by atoms with Crippen LogP contribution in [0.2, 0.25) is 0 Å². The van der Waals surface area contributed by atoms with Crippen LogP contribution in [0, 0.1) is 12.8 Å². The zero-order valence-electron chi connectivity index (χ0n) is 21.5. The predicted molar refractivity (Wildman–Crippen MR) is 139 cm³/mol. The summed E-state index contributed by atoms with van der Waals surface area (Å²) >= 11 is 0. The van der Waals surface area contributed by atoms with Gasteiger partial charge in [-0.1, -0.05) is 30.3 Å². The first kappa shape index (κ1) is 25.1. The van der Waals surface area contributed by atoms with E-state index in [4.69, 9.17) is 9.47 Å². The molecular formula is C28H39N5O3. The number of anilines is 1. The van der Waals surface area contributed by atoms with E-state index in [1.807, 2.05) is 11.8 Å². The van der Waals surface area contributed by atoms with Gasteiger partial charge in [0.2, 0.25) is 0 Å². The average Bonchev–Trinajstić information content (AvgIpc) is 2.89. The van der Waals surface area contributed by atoms with Crippen LogP contribution >= 0.6 is 0 Å². The van der Waals surface area contributed by atoms with Crippen LogP contribution in [0.3, 0.4) is 0 Å². The Kier molecular flexibility index (Phi) is 8.14. The fourth-order valence-electron chi connectivity index (χ4n) is 5.82. The maximum atomic E-state index is 13.3. The molecule has 1 aromatic heterocycles. The van der Waals surface area contributed by atoms with Gasteiger partial charge in [0, 0.05) is 51.0 Å². The van der Waals surface area contributed by atoms with E-state index in [1.54, 1.807) is 7.11 Å². The lowest BCUT2D eigenvalue weighted by atomic mass is 9.71. The molecule has 5 rings (SSSR count). The highest BCUT2D eigenvalue weighted by Gasteiger charge is 2.32. The first-order valence-corrected chi connectivity index (χ1v) is 13.4. The molecule has 2 atom stereocenters. The van der Waals surface area contributed by atoms with Gasteiger partial charge in [-0.25, -0.2) is 9.97 Å². The lowest BCUT2D eigenvalue weighted by Crippen LogP contribution is -2.54. The molecule has 0 bridgehead atoms. The van der Waals surface area contributed by atoms with Gasteiger partial charge in [0.15, 0.2) is 0 Å². The zero-order chi connectivity index (χ0) is 24.9. The van der Waals surface area contributed by atoms with Gasteiger partial charge in [0.05, 0.1) is 12.7 Å². The van der Waals surface area contributed by atoms with Crippen molar-refractivity contribution in [1.82, 2.24) is 20.2 Å². The van der Waals surface area contributed by atoms with Gasteiger partial charge in [-0.15, -0.1) is 0 Å². The van der Waals surface area contributed by atoms with E-state index < -0.39 is 0 Å². The second-order valence-electron chi connectivity index (χ2n) is 10.5. The second-order valence-corrected chi connectivity index (χ2v) is 10.5. The first-order valence-electron chi connectivity index (χ1n) is 13.4. The van der Waals surface area contributed by atoms with E-state index in [2.05, 4.69) is 50.9 Å². The van der Waals surface area contributed by atoms with Gasteiger partial charge in [-0.05, 0) is 56.4 Å². The summed E-state index contributed by atoms with van der Waals surface area (Å²) in [6.45, 7) is 5.70. The zero-order valence-corrected chi connectivity index (χ0v) is 21.5. The molecule has 1 aromatic carbocycles. The molecule has 8 nitrogen and oxygen atoms in total. The third-order valence-corrected chi connectivity index (χ3v) is 8.19. The number of rotatable bonds is 8. The summed E-state index contributed by atoms with van der Waals surface area (Å²) in [4.78, 5) is 24.1. The van der Waals surface area contributed by atoms with Crippen LogP contribution in [-0.2, 0) is 9.47 Å². The van der Waals surface area contributed by atoms with Gasteiger partial charge < -0.3 is 25.0 Å². The predicted octanol–water partition coefficient (Wildman–Crippen LogP) is 3.39. The standard InChI is InChI=1S/C28H39N5O3/c1-19-26(28(34)33-11-8-23(9-12-33)32-24-10-13-36-17-25(24)35-2)30-18-31-27(19)29-16-20-14-22(15-20)21-6-4-3-5-7-21/h3-7,18,20,22-25,32H,8-17H2,1-2H3,(H,29,30,31)/t20?,22?,24-,25+/m1/s1. The largest absolute Gasteiger partial charge is 0.379 e. The van der Waals surface area contributed by atoms with Gasteiger partial charge in [-0.3, -0.25) is 4.79 Å². The molecule has 1 saturated carbocycles. The van der Waals surface area contributed by atoms with E-state index in [9.17, 15) is 4.79 Å². The van der Waals surface area contributed by atoms with E-state index in [0.29, 0.717) is 36.2 Å². The van der Waals surface area contributed by atoms with Crippen molar-refractivity contribution < 1.29 is 14.3 Å². The molecule has 3 fully saturated rings. The van der Waals surface area contributed by atoms with Crippen LogP contribution in [0.25, 0.3) is 0 Å². The van der Waals surface area contributed by atoms with Crippen LogP contribution in [0.1, 0.15) is 59.6 Å². The van der Waals surface area contributed by atoms with Crippen molar-refractivity contribution in [3.63, 3.8) is 0 Å². The number of likely N-dealkylation sites (tertiary alicyclic amines) is 1. The SMILES string of the molecule is CO[C@H]1COCC[C@H]1NC1CCN(C(=O)c2ncnc(NCC3CC(c4ccccc4)C3)c2C)CC1. The molecule has 0 radical (unpaired) electrons. The Morgan fingerprint density at radius 2 is 1.92 bits per heavy atom. The molecule has 36 heavy (non-hydrogen) atoms. The molecule has 0 unspecified atom stereocenters. The Labute approximate surface area is 214 Å². The van der Waals surface area contributed by atoms with E-state index in [0.717, 1.165) is 56.9 Å². The number of nitrogens with zero attached hydrogens (tertiary/aromatic N) is 3. The summed E-state index contributed by atoms with van der Waals surface area (Å²) in [5, 5.41) is 7.25. The van der Waals surface area contributed by atoms with Crippen molar-refractivity contribution in [1.29, 1.82) is 0 Å². The highest BCUT2D eigenvalue weighted by atomic mass is 16.5. The third kappa shape index (κ3) is 5.71. The number of methoxy groups -OCH3 is 1. The summed E-state index contributed by atoms with van der Waals surface area (Å²) < 4.78 is 11.1. The number of carbonyl (C=O) groups excluding carboxylic acids is 1. The van der Waals surface area contributed by atoms with Crippen molar-refractivity contribution in [2.75, 3.05) is 45.3 Å². The van der Waals surface area contributed by atoms with Crippen molar-refractivity contribution in [2.45, 2.75) is 63.1 Å². The van der Waals surface area contributed by atoms with E-state index in [1.165, 1.54) is 24.7 Å². The fourth-order valence-corrected chi connectivity index (χ4v) is 5.82. The summed E-state index contributed by atoms with van der Waals surface area (Å²) in [7, 11) is 1.75. The fraction of sp³-hybridized carbons (Fsp3) is 0.607. The summed E-state index contributed by atoms with van der Waals surface area (Å²) in [5.41, 5.74) is 2.79. The molecule has 8 heteroatoms. The maximum Gasteiger partial charge on any atom is 0.272 e. The number of nitrogens with one attached hydrogen (secondary N) is 2. The van der Waals surface area contributed by atoms with Crippen LogP contribution < -0.4 is 10.6 Å². The summed E-state index contributed by atoms with van der Waals surface area (Å²) in [6.07, 6.45) is 6.81. The maximum absolute atomic E-state index is 13.3.